The molecule has 0 unspecified atom stereocenters. The molecule has 0 radical (unpaired) electrons. The van der Waals surface area contributed by atoms with E-state index in [1.54, 1.807) is 7.11 Å². The zero-order valence-electron chi connectivity index (χ0n) is 13.8. The Bertz CT molecular complexity index is 777. The average molecular weight is 322 g/mol. The van der Waals surface area contributed by atoms with E-state index in [4.69, 9.17) is 4.74 Å². The molecule has 0 atom stereocenters. The molecule has 1 aromatic heterocycles. The Labute approximate surface area is 142 Å². The Morgan fingerprint density at radius 3 is 2.50 bits per heavy atom. The lowest BCUT2D eigenvalue weighted by Crippen LogP contribution is -2.13. The normalized spacial score (nSPS) is 10.7. The largest absolute Gasteiger partial charge is 0.383 e. The topological polar surface area (TPSA) is 59.1 Å². The maximum atomic E-state index is 5.06. The van der Waals surface area contributed by atoms with Gasteiger partial charge in [-0.25, -0.2) is 4.98 Å². The van der Waals surface area contributed by atoms with Gasteiger partial charge in [0.1, 0.15) is 5.82 Å². The van der Waals surface area contributed by atoms with Crippen LogP contribution in [0.15, 0.2) is 54.6 Å². The first kappa shape index (κ1) is 16.2. The maximum absolute atomic E-state index is 5.06. The minimum atomic E-state index is 0.618. The summed E-state index contributed by atoms with van der Waals surface area (Å²) in [7, 11) is 1.68. The molecule has 0 spiro atoms. The van der Waals surface area contributed by atoms with Crippen molar-refractivity contribution in [3.63, 3.8) is 0 Å². The molecule has 0 fully saturated rings. The molecule has 0 saturated carbocycles. The van der Waals surface area contributed by atoms with Gasteiger partial charge in [0.05, 0.1) is 12.1 Å². The smallest absolute Gasteiger partial charge is 0.225 e. The molecule has 3 rings (SSSR count). The van der Waals surface area contributed by atoms with Crippen LogP contribution in [-0.2, 0) is 11.2 Å². The van der Waals surface area contributed by atoms with Crippen LogP contribution in [0.5, 0.6) is 0 Å². The molecule has 124 valence electrons. The number of ether oxygens (including phenoxy) is 1. The molecule has 5 nitrogen and oxygen atoms in total. The van der Waals surface area contributed by atoms with E-state index in [2.05, 4.69) is 44.9 Å². The summed E-state index contributed by atoms with van der Waals surface area (Å²) >= 11 is 0. The molecule has 5 heteroatoms. The third-order valence-electron chi connectivity index (χ3n) is 3.74. The molecular formula is C19H22N4O. The van der Waals surface area contributed by atoms with E-state index < -0.39 is 0 Å². The number of rotatable bonds is 8. The molecule has 0 aliphatic rings. The molecule has 0 aliphatic carbocycles. The third kappa shape index (κ3) is 4.20. The predicted molar refractivity (Wildman–Crippen MR) is 98.5 cm³/mol. The summed E-state index contributed by atoms with van der Waals surface area (Å²) in [6, 6.07) is 18.5. The highest BCUT2D eigenvalue weighted by Crippen LogP contribution is 2.21. The summed E-state index contributed by atoms with van der Waals surface area (Å²) in [6.07, 6.45) is 0.950. The lowest BCUT2D eigenvalue weighted by molar-refractivity contribution is 0.210. The summed E-state index contributed by atoms with van der Waals surface area (Å²) in [5, 5.41) is 7.67. The van der Waals surface area contributed by atoms with Crippen molar-refractivity contribution in [1.82, 2.24) is 9.97 Å². The van der Waals surface area contributed by atoms with Crippen LogP contribution in [0.2, 0.25) is 0 Å². The Morgan fingerprint density at radius 2 is 1.67 bits per heavy atom. The molecular weight excluding hydrogens is 300 g/mol. The SMILES string of the molecule is COCCNc1nc(NCCc2ccccc2)c2ccccc2n1. The molecule has 0 saturated heterocycles. The van der Waals surface area contributed by atoms with Crippen molar-refractivity contribution in [2.75, 3.05) is 37.4 Å². The van der Waals surface area contributed by atoms with E-state index in [0.29, 0.717) is 19.1 Å². The number of aromatic nitrogens is 2. The molecule has 0 amide bonds. The number of fused-ring (bicyclic) bond motifs is 1. The van der Waals surface area contributed by atoms with Gasteiger partial charge in [-0.3, -0.25) is 0 Å². The van der Waals surface area contributed by atoms with E-state index >= 15 is 0 Å². The molecule has 0 aliphatic heterocycles. The monoisotopic (exact) mass is 322 g/mol. The Hall–Kier alpha value is -2.66. The van der Waals surface area contributed by atoms with Crippen molar-refractivity contribution >= 4 is 22.7 Å². The summed E-state index contributed by atoms with van der Waals surface area (Å²) < 4.78 is 5.06. The van der Waals surface area contributed by atoms with Gasteiger partial charge in [-0.05, 0) is 24.1 Å². The summed E-state index contributed by atoms with van der Waals surface area (Å²) in [5.74, 6) is 1.48. The van der Waals surface area contributed by atoms with Crippen LogP contribution in [0.3, 0.4) is 0 Å². The number of nitrogens with one attached hydrogen (secondary N) is 2. The van der Waals surface area contributed by atoms with Crippen LogP contribution < -0.4 is 10.6 Å². The van der Waals surface area contributed by atoms with E-state index in [1.165, 1.54) is 5.56 Å². The zero-order valence-corrected chi connectivity index (χ0v) is 13.8. The number of nitrogens with zero attached hydrogens (tertiary/aromatic N) is 2. The quantitative estimate of drug-likeness (QED) is 0.623. The Kier molecular flexibility index (Phi) is 5.58. The number of hydrogen-bond acceptors (Lipinski definition) is 5. The van der Waals surface area contributed by atoms with Crippen LogP contribution in [-0.4, -0.2) is 36.8 Å². The van der Waals surface area contributed by atoms with Crippen molar-refractivity contribution in [3.05, 3.63) is 60.2 Å². The first-order valence-corrected chi connectivity index (χ1v) is 8.14. The molecule has 24 heavy (non-hydrogen) atoms. The predicted octanol–water partition coefficient (Wildman–Crippen LogP) is 3.34. The van der Waals surface area contributed by atoms with Crippen LogP contribution >= 0.6 is 0 Å². The zero-order chi connectivity index (χ0) is 16.6. The molecule has 2 aromatic carbocycles. The fourth-order valence-corrected chi connectivity index (χ4v) is 2.53. The van der Waals surface area contributed by atoms with Gasteiger partial charge in [0.15, 0.2) is 0 Å². The highest BCUT2D eigenvalue weighted by molar-refractivity contribution is 5.90. The first-order valence-electron chi connectivity index (χ1n) is 8.14. The van der Waals surface area contributed by atoms with Gasteiger partial charge in [0, 0.05) is 25.6 Å². The maximum Gasteiger partial charge on any atom is 0.225 e. The van der Waals surface area contributed by atoms with Crippen molar-refractivity contribution in [3.8, 4) is 0 Å². The van der Waals surface area contributed by atoms with Crippen molar-refractivity contribution in [2.24, 2.45) is 0 Å². The molecule has 3 aromatic rings. The number of methoxy groups -OCH3 is 1. The lowest BCUT2D eigenvalue weighted by atomic mass is 10.1. The summed E-state index contributed by atoms with van der Waals surface area (Å²) in [6.45, 7) is 2.12. The standard InChI is InChI=1S/C19H22N4O/c1-24-14-13-21-19-22-17-10-6-5-9-16(17)18(23-19)20-12-11-15-7-3-2-4-8-15/h2-10H,11-14H2,1H3,(H2,20,21,22,23). The highest BCUT2D eigenvalue weighted by Gasteiger charge is 2.07. The number of hydrogen-bond donors (Lipinski definition) is 2. The highest BCUT2D eigenvalue weighted by atomic mass is 16.5. The van der Waals surface area contributed by atoms with Crippen LogP contribution in [0.1, 0.15) is 5.56 Å². The Morgan fingerprint density at radius 1 is 0.875 bits per heavy atom. The van der Waals surface area contributed by atoms with Gasteiger partial charge in [-0.2, -0.15) is 4.98 Å². The van der Waals surface area contributed by atoms with Crippen LogP contribution in [0, 0.1) is 0 Å². The number of para-hydroxylation sites is 1. The fourth-order valence-electron chi connectivity index (χ4n) is 2.53. The second kappa shape index (κ2) is 8.26. The van der Waals surface area contributed by atoms with Crippen molar-refractivity contribution < 1.29 is 4.74 Å². The van der Waals surface area contributed by atoms with E-state index in [0.717, 1.165) is 29.7 Å². The Balaban J connectivity index is 1.74. The van der Waals surface area contributed by atoms with Crippen LogP contribution in [0.25, 0.3) is 10.9 Å². The van der Waals surface area contributed by atoms with Crippen LogP contribution in [0.4, 0.5) is 11.8 Å². The summed E-state index contributed by atoms with van der Waals surface area (Å²) in [4.78, 5) is 9.17. The minimum absolute atomic E-state index is 0.618. The van der Waals surface area contributed by atoms with Gasteiger partial charge in [-0.15, -0.1) is 0 Å². The molecule has 0 bridgehead atoms. The van der Waals surface area contributed by atoms with Gasteiger partial charge < -0.3 is 15.4 Å². The van der Waals surface area contributed by atoms with Gasteiger partial charge >= 0.3 is 0 Å². The van der Waals surface area contributed by atoms with Gasteiger partial charge in [-0.1, -0.05) is 42.5 Å². The van der Waals surface area contributed by atoms with Crippen molar-refractivity contribution in [2.45, 2.75) is 6.42 Å². The van der Waals surface area contributed by atoms with E-state index in [9.17, 15) is 0 Å². The van der Waals surface area contributed by atoms with Gasteiger partial charge in [0.25, 0.3) is 0 Å². The average Bonchev–Trinajstić information content (AvgIpc) is 2.63. The number of anilines is 2. The first-order chi connectivity index (χ1) is 11.9. The fraction of sp³-hybridized carbons (Fsp3) is 0.263. The second-order valence-electron chi connectivity index (χ2n) is 5.49. The summed E-state index contributed by atoms with van der Waals surface area (Å²) in [5.41, 5.74) is 2.23. The van der Waals surface area contributed by atoms with Gasteiger partial charge in [0.2, 0.25) is 5.95 Å². The lowest BCUT2D eigenvalue weighted by Gasteiger charge is -2.12. The molecule has 1 heterocycles. The third-order valence-corrected chi connectivity index (χ3v) is 3.74. The minimum Gasteiger partial charge on any atom is -0.383 e. The van der Waals surface area contributed by atoms with E-state index in [-0.39, 0.29) is 0 Å². The molecule has 2 N–H and O–H groups in total. The number of benzene rings is 2. The van der Waals surface area contributed by atoms with Crippen molar-refractivity contribution in [1.29, 1.82) is 0 Å². The van der Waals surface area contributed by atoms with E-state index in [1.807, 2.05) is 30.3 Å². The second-order valence-corrected chi connectivity index (χ2v) is 5.49.